The van der Waals surface area contributed by atoms with E-state index in [-0.39, 0.29) is 11.9 Å². The van der Waals surface area contributed by atoms with E-state index in [1.807, 2.05) is 35.9 Å². The Morgan fingerprint density at radius 2 is 2.14 bits per heavy atom. The van der Waals surface area contributed by atoms with Crippen LogP contribution in [0.4, 0.5) is 10.3 Å². The maximum Gasteiger partial charge on any atom is 0.208 e. The maximum absolute atomic E-state index is 13.4. The summed E-state index contributed by atoms with van der Waals surface area (Å²) in [6.07, 6.45) is 7.76. The maximum atomic E-state index is 13.4. The van der Waals surface area contributed by atoms with Crippen LogP contribution in [0.25, 0.3) is 16.6 Å². The van der Waals surface area contributed by atoms with E-state index in [1.54, 1.807) is 18.6 Å². The number of rotatable bonds is 4. The molecule has 1 aliphatic rings. The molecule has 28 heavy (non-hydrogen) atoms. The van der Waals surface area contributed by atoms with Crippen molar-refractivity contribution < 1.29 is 9.13 Å². The topological polar surface area (TPSA) is 64.3 Å². The number of nitrogens with one attached hydrogen (secondary N) is 1. The molecular formula is C21H18FN5O. The molecule has 3 aromatic heterocycles. The number of aromatic nitrogens is 4. The molecule has 1 aliphatic heterocycles. The van der Waals surface area contributed by atoms with Crippen LogP contribution in [-0.4, -0.2) is 32.0 Å². The van der Waals surface area contributed by atoms with Crippen LogP contribution in [0.3, 0.4) is 0 Å². The fourth-order valence-electron chi connectivity index (χ4n) is 3.63. The number of benzene rings is 1. The lowest BCUT2D eigenvalue weighted by Crippen LogP contribution is -2.25. The van der Waals surface area contributed by atoms with Gasteiger partial charge in [0.05, 0.1) is 18.3 Å². The molecule has 0 aliphatic carbocycles. The molecule has 140 valence electrons. The molecule has 1 unspecified atom stereocenters. The lowest BCUT2D eigenvalue weighted by molar-refractivity contribution is 0.246. The van der Waals surface area contributed by atoms with Crippen molar-refractivity contribution >= 4 is 11.5 Å². The van der Waals surface area contributed by atoms with Crippen LogP contribution in [0.15, 0.2) is 55.2 Å². The van der Waals surface area contributed by atoms with Gasteiger partial charge in [-0.25, -0.2) is 14.4 Å². The minimum Gasteiger partial charge on any atom is -0.488 e. The molecule has 0 fully saturated rings. The molecule has 1 atom stereocenters. The van der Waals surface area contributed by atoms with Gasteiger partial charge in [0, 0.05) is 41.2 Å². The number of hydrogen-bond acceptors (Lipinski definition) is 5. The summed E-state index contributed by atoms with van der Waals surface area (Å²) < 4.78 is 21.2. The Morgan fingerprint density at radius 1 is 1.21 bits per heavy atom. The second-order valence-electron chi connectivity index (χ2n) is 6.86. The van der Waals surface area contributed by atoms with Crippen molar-refractivity contribution in [2.75, 3.05) is 11.9 Å². The smallest absolute Gasteiger partial charge is 0.208 e. The van der Waals surface area contributed by atoms with Crippen LogP contribution in [0.2, 0.25) is 0 Å². The summed E-state index contributed by atoms with van der Waals surface area (Å²) in [5, 5.41) is 3.34. The predicted octanol–water partition coefficient (Wildman–Crippen LogP) is 3.65. The SMILES string of the molecule is Cc1ncccc1-c1cnc(NCC2Cc3cc(F)ccc3O2)n2cncc12. The number of anilines is 1. The van der Waals surface area contributed by atoms with Gasteiger partial charge in [0.1, 0.15) is 24.0 Å². The molecule has 0 bridgehead atoms. The summed E-state index contributed by atoms with van der Waals surface area (Å²) in [5.74, 6) is 1.19. The normalized spacial score (nSPS) is 15.4. The fourth-order valence-corrected chi connectivity index (χ4v) is 3.63. The van der Waals surface area contributed by atoms with Gasteiger partial charge in [-0.15, -0.1) is 0 Å². The van der Waals surface area contributed by atoms with E-state index in [2.05, 4.69) is 20.3 Å². The highest BCUT2D eigenvalue weighted by Crippen LogP contribution is 2.30. The van der Waals surface area contributed by atoms with Gasteiger partial charge < -0.3 is 10.1 Å². The molecule has 4 heterocycles. The zero-order valence-corrected chi connectivity index (χ0v) is 15.3. The van der Waals surface area contributed by atoms with E-state index in [4.69, 9.17) is 4.74 Å². The first-order valence-electron chi connectivity index (χ1n) is 9.11. The standard InChI is InChI=1S/C21H18FN5O/c1-13-17(3-2-6-24-13)18-10-26-21(27-12-23-11-19(18)27)25-9-16-8-14-7-15(22)4-5-20(14)28-16/h2-7,10-12,16H,8-9H2,1H3,(H,25,26). The molecule has 0 spiro atoms. The first-order valence-corrected chi connectivity index (χ1v) is 9.11. The van der Waals surface area contributed by atoms with Crippen molar-refractivity contribution in [3.63, 3.8) is 0 Å². The molecule has 0 amide bonds. The van der Waals surface area contributed by atoms with Crippen LogP contribution in [0.5, 0.6) is 5.75 Å². The second kappa shape index (κ2) is 6.60. The van der Waals surface area contributed by atoms with Crippen molar-refractivity contribution in [1.82, 2.24) is 19.4 Å². The highest BCUT2D eigenvalue weighted by atomic mass is 19.1. The van der Waals surface area contributed by atoms with E-state index >= 15 is 0 Å². The molecule has 1 N–H and O–H groups in total. The number of hydrogen-bond donors (Lipinski definition) is 1. The van der Waals surface area contributed by atoms with E-state index < -0.39 is 0 Å². The van der Waals surface area contributed by atoms with Gasteiger partial charge in [-0.05, 0) is 31.2 Å². The van der Waals surface area contributed by atoms with Gasteiger partial charge in [0.2, 0.25) is 5.95 Å². The summed E-state index contributed by atoms with van der Waals surface area (Å²) in [4.78, 5) is 13.2. The third kappa shape index (κ3) is 2.85. The Kier molecular flexibility index (Phi) is 3.93. The number of ether oxygens (including phenoxy) is 1. The molecule has 0 radical (unpaired) electrons. The summed E-state index contributed by atoms with van der Waals surface area (Å²) in [6, 6.07) is 8.58. The Bertz CT molecular complexity index is 1170. The Balaban J connectivity index is 1.39. The van der Waals surface area contributed by atoms with Crippen LogP contribution >= 0.6 is 0 Å². The second-order valence-corrected chi connectivity index (χ2v) is 6.86. The predicted molar refractivity (Wildman–Crippen MR) is 104 cm³/mol. The van der Waals surface area contributed by atoms with Gasteiger partial charge in [0.15, 0.2) is 0 Å². The molecule has 6 nitrogen and oxygen atoms in total. The summed E-state index contributed by atoms with van der Waals surface area (Å²) >= 11 is 0. The molecule has 5 rings (SSSR count). The fraction of sp³-hybridized carbons (Fsp3) is 0.190. The average molecular weight is 375 g/mol. The van der Waals surface area contributed by atoms with E-state index in [1.165, 1.54) is 12.1 Å². The minimum atomic E-state index is -0.237. The minimum absolute atomic E-state index is 0.0718. The van der Waals surface area contributed by atoms with Gasteiger partial charge in [-0.3, -0.25) is 9.38 Å². The van der Waals surface area contributed by atoms with Gasteiger partial charge in [-0.2, -0.15) is 0 Å². The Hall–Kier alpha value is -3.48. The Morgan fingerprint density at radius 3 is 3.04 bits per heavy atom. The van der Waals surface area contributed by atoms with Gasteiger partial charge in [0.25, 0.3) is 0 Å². The zero-order valence-electron chi connectivity index (χ0n) is 15.3. The number of imidazole rings is 1. The number of nitrogens with zero attached hydrogens (tertiary/aromatic N) is 4. The molecule has 1 aromatic carbocycles. The quantitative estimate of drug-likeness (QED) is 0.590. The van der Waals surface area contributed by atoms with Crippen LogP contribution in [0, 0.1) is 12.7 Å². The lowest BCUT2D eigenvalue weighted by atomic mass is 10.1. The zero-order chi connectivity index (χ0) is 19.1. The average Bonchev–Trinajstić information content (AvgIpc) is 3.33. The molecular weight excluding hydrogens is 357 g/mol. The number of aryl methyl sites for hydroxylation is 1. The molecule has 0 saturated heterocycles. The van der Waals surface area contributed by atoms with Gasteiger partial charge in [-0.1, -0.05) is 6.07 Å². The highest BCUT2D eigenvalue weighted by molar-refractivity contribution is 5.81. The number of pyridine rings is 1. The van der Waals surface area contributed by atoms with Crippen molar-refractivity contribution in [2.45, 2.75) is 19.4 Å². The molecule has 4 aromatic rings. The third-order valence-electron chi connectivity index (χ3n) is 5.01. The number of fused-ring (bicyclic) bond motifs is 2. The van der Waals surface area contributed by atoms with Crippen LogP contribution < -0.4 is 10.1 Å². The van der Waals surface area contributed by atoms with Crippen LogP contribution in [0.1, 0.15) is 11.3 Å². The molecule has 0 saturated carbocycles. The molecule has 7 heteroatoms. The van der Waals surface area contributed by atoms with Gasteiger partial charge >= 0.3 is 0 Å². The Labute approximate surface area is 161 Å². The third-order valence-corrected chi connectivity index (χ3v) is 5.01. The van der Waals surface area contributed by atoms with E-state index in [0.717, 1.165) is 33.7 Å². The van der Waals surface area contributed by atoms with E-state index in [0.29, 0.717) is 18.9 Å². The van der Waals surface area contributed by atoms with Crippen molar-refractivity contribution in [1.29, 1.82) is 0 Å². The van der Waals surface area contributed by atoms with Crippen molar-refractivity contribution in [3.8, 4) is 16.9 Å². The summed E-state index contributed by atoms with van der Waals surface area (Å²) in [5.41, 5.74) is 4.80. The summed E-state index contributed by atoms with van der Waals surface area (Å²) in [6.45, 7) is 2.54. The lowest BCUT2D eigenvalue weighted by Gasteiger charge is -2.15. The van der Waals surface area contributed by atoms with Crippen molar-refractivity contribution in [2.24, 2.45) is 0 Å². The highest BCUT2D eigenvalue weighted by Gasteiger charge is 2.23. The largest absolute Gasteiger partial charge is 0.488 e. The monoisotopic (exact) mass is 375 g/mol. The summed E-state index contributed by atoms with van der Waals surface area (Å²) in [7, 11) is 0. The first kappa shape index (κ1) is 16.7. The number of halogens is 1. The van der Waals surface area contributed by atoms with Crippen molar-refractivity contribution in [3.05, 3.63) is 72.3 Å². The van der Waals surface area contributed by atoms with E-state index in [9.17, 15) is 4.39 Å². The first-order chi connectivity index (χ1) is 13.7. The van der Waals surface area contributed by atoms with Crippen LogP contribution in [-0.2, 0) is 6.42 Å².